The Labute approximate surface area is 173 Å². The van der Waals surface area contributed by atoms with Crippen molar-refractivity contribution in [1.82, 2.24) is 5.16 Å². The molecule has 30 heavy (non-hydrogen) atoms. The number of aromatic nitrogens is 1. The number of alkyl halides is 2. The van der Waals surface area contributed by atoms with E-state index in [2.05, 4.69) is 20.5 Å². The number of hydrogen-bond acceptors (Lipinski definition) is 5. The zero-order valence-electron chi connectivity index (χ0n) is 16.7. The van der Waals surface area contributed by atoms with Crippen LogP contribution in [0.25, 0.3) is 0 Å². The molecule has 0 saturated carbocycles. The van der Waals surface area contributed by atoms with Crippen molar-refractivity contribution < 1.29 is 22.8 Å². The van der Waals surface area contributed by atoms with Gasteiger partial charge in [-0.3, -0.25) is 4.79 Å². The second-order valence-electron chi connectivity index (χ2n) is 6.78. The van der Waals surface area contributed by atoms with Crippen molar-refractivity contribution in [3.63, 3.8) is 0 Å². The van der Waals surface area contributed by atoms with Gasteiger partial charge < -0.3 is 19.9 Å². The van der Waals surface area contributed by atoms with E-state index >= 15 is 0 Å². The summed E-state index contributed by atoms with van der Waals surface area (Å²) >= 11 is 0. The van der Waals surface area contributed by atoms with Crippen molar-refractivity contribution in [1.29, 1.82) is 0 Å². The first-order chi connectivity index (χ1) is 14.4. The fraction of sp³-hybridized carbons (Fsp3) is 0.273. The summed E-state index contributed by atoms with van der Waals surface area (Å²) in [5.74, 6) is 0.757. The largest absolute Gasteiger partial charge is 0.435 e. The number of benzene rings is 2. The second kappa shape index (κ2) is 9.87. The van der Waals surface area contributed by atoms with Gasteiger partial charge in [0.2, 0.25) is 5.91 Å². The van der Waals surface area contributed by atoms with Gasteiger partial charge in [0, 0.05) is 23.7 Å². The zero-order chi connectivity index (χ0) is 21.5. The SMILES string of the molecule is CCC(Nc1ccc(OC(F)F)c(Cc2ccccc2)c1)C(=O)Nc1cc(C)on1. The number of nitrogens with zero attached hydrogens (tertiary/aromatic N) is 1. The van der Waals surface area contributed by atoms with Crippen LogP contribution in [-0.4, -0.2) is 23.7 Å². The predicted molar refractivity (Wildman–Crippen MR) is 110 cm³/mol. The number of amides is 1. The molecule has 1 unspecified atom stereocenters. The lowest BCUT2D eigenvalue weighted by Crippen LogP contribution is -2.34. The third-order valence-electron chi connectivity index (χ3n) is 4.46. The van der Waals surface area contributed by atoms with Crippen molar-refractivity contribution in [3.05, 3.63) is 71.5 Å². The Bertz CT molecular complexity index is 977. The van der Waals surface area contributed by atoms with E-state index in [1.807, 2.05) is 37.3 Å². The maximum atomic E-state index is 12.8. The van der Waals surface area contributed by atoms with E-state index in [0.717, 1.165) is 5.56 Å². The molecule has 3 rings (SSSR count). The molecule has 8 heteroatoms. The molecule has 0 radical (unpaired) electrons. The molecule has 2 N–H and O–H groups in total. The summed E-state index contributed by atoms with van der Waals surface area (Å²) in [5, 5.41) is 9.60. The Balaban J connectivity index is 1.78. The molecule has 1 heterocycles. The van der Waals surface area contributed by atoms with E-state index in [0.29, 0.717) is 35.7 Å². The first kappa shape index (κ1) is 21.3. The van der Waals surface area contributed by atoms with Gasteiger partial charge in [-0.05, 0) is 37.1 Å². The normalized spacial score (nSPS) is 11.9. The molecule has 1 atom stereocenters. The van der Waals surface area contributed by atoms with E-state index < -0.39 is 12.7 Å². The van der Waals surface area contributed by atoms with Gasteiger partial charge in [-0.15, -0.1) is 0 Å². The molecule has 0 spiro atoms. The van der Waals surface area contributed by atoms with Crippen LogP contribution in [-0.2, 0) is 11.2 Å². The number of nitrogens with one attached hydrogen (secondary N) is 2. The topological polar surface area (TPSA) is 76.4 Å². The van der Waals surface area contributed by atoms with Gasteiger partial charge >= 0.3 is 6.61 Å². The number of hydrogen-bond donors (Lipinski definition) is 2. The summed E-state index contributed by atoms with van der Waals surface area (Å²) in [4.78, 5) is 12.6. The van der Waals surface area contributed by atoms with Crippen molar-refractivity contribution in [3.8, 4) is 5.75 Å². The molecular weight excluding hydrogens is 392 g/mol. The summed E-state index contributed by atoms with van der Waals surface area (Å²) in [6.07, 6.45) is 0.922. The van der Waals surface area contributed by atoms with Crippen LogP contribution in [0.4, 0.5) is 20.3 Å². The van der Waals surface area contributed by atoms with E-state index in [9.17, 15) is 13.6 Å². The third-order valence-corrected chi connectivity index (χ3v) is 4.46. The van der Waals surface area contributed by atoms with Crippen LogP contribution in [0.2, 0.25) is 0 Å². The fourth-order valence-corrected chi connectivity index (χ4v) is 3.03. The van der Waals surface area contributed by atoms with Gasteiger partial charge in [-0.1, -0.05) is 42.4 Å². The standard InChI is InChI=1S/C22H23F2N3O3/c1-3-18(21(28)26-20-11-14(2)30-27-20)25-17-9-10-19(29-22(23)24)16(13-17)12-15-7-5-4-6-8-15/h4-11,13,18,22,25H,3,12H2,1-2H3,(H,26,27,28). The highest BCUT2D eigenvalue weighted by molar-refractivity contribution is 5.95. The molecular formula is C22H23F2N3O3. The van der Waals surface area contributed by atoms with Crippen LogP contribution < -0.4 is 15.4 Å². The summed E-state index contributed by atoms with van der Waals surface area (Å²) in [7, 11) is 0. The molecule has 3 aromatic rings. The maximum absolute atomic E-state index is 12.8. The number of carbonyl (C=O) groups is 1. The molecule has 0 saturated heterocycles. The minimum Gasteiger partial charge on any atom is -0.435 e. The molecule has 1 aromatic heterocycles. The summed E-state index contributed by atoms with van der Waals surface area (Å²) in [5.41, 5.74) is 2.18. The minimum absolute atomic E-state index is 0.106. The van der Waals surface area contributed by atoms with Gasteiger partial charge in [0.05, 0.1) is 0 Å². The predicted octanol–water partition coefficient (Wildman–Crippen LogP) is 5.00. The van der Waals surface area contributed by atoms with Crippen LogP contribution in [0, 0.1) is 6.92 Å². The minimum atomic E-state index is -2.92. The number of halogens is 2. The molecule has 6 nitrogen and oxygen atoms in total. The average molecular weight is 415 g/mol. The van der Waals surface area contributed by atoms with Crippen molar-refractivity contribution in [2.24, 2.45) is 0 Å². The number of rotatable bonds is 9. The molecule has 2 aromatic carbocycles. The number of aryl methyl sites for hydroxylation is 1. The van der Waals surface area contributed by atoms with E-state index in [1.54, 1.807) is 25.1 Å². The first-order valence-corrected chi connectivity index (χ1v) is 9.57. The Hall–Kier alpha value is -3.42. The first-order valence-electron chi connectivity index (χ1n) is 9.57. The second-order valence-corrected chi connectivity index (χ2v) is 6.78. The number of ether oxygens (including phenoxy) is 1. The highest BCUT2D eigenvalue weighted by Gasteiger charge is 2.19. The maximum Gasteiger partial charge on any atom is 0.387 e. The number of carbonyl (C=O) groups excluding carboxylic acids is 1. The van der Waals surface area contributed by atoms with Crippen molar-refractivity contribution in [2.75, 3.05) is 10.6 Å². The highest BCUT2D eigenvalue weighted by Crippen LogP contribution is 2.27. The lowest BCUT2D eigenvalue weighted by atomic mass is 10.0. The molecule has 0 aliphatic rings. The molecule has 0 aliphatic carbocycles. The van der Waals surface area contributed by atoms with Crippen LogP contribution in [0.15, 0.2) is 59.1 Å². The lowest BCUT2D eigenvalue weighted by Gasteiger charge is -2.19. The average Bonchev–Trinajstić information content (AvgIpc) is 3.13. The van der Waals surface area contributed by atoms with Crippen molar-refractivity contribution >= 4 is 17.4 Å². The fourth-order valence-electron chi connectivity index (χ4n) is 3.03. The van der Waals surface area contributed by atoms with Crippen LogP contribution in [0.5, 0.6) is 5.75 Å². The van der Waals surface area contributed by atoms with Gasteiger partial charge in [-0.2, -0.15) is 8.78 Å². The summed E-state index contributed by atoms with van der Waals surface area (Å²) < 4.78 is 35.3. The zero-order valence-corrected chi connectivity index (χ0v) is 16.7. The molecule has 0 bridgehead atoms. The van der Waals surface area contributed by atoms with E-state index in [4.69, 9.17) is 4.52 Å². The van der Waals surface area contributed by atoms with Crippen LogP contribution >= 0.6 is 0 Å². The molecule has 0 aliphatic heterocycles. The van der Waals surface area contributed by atoms with Gasteiger partial charge in [0.25, 0.3) is 0 Å². The Morgan fingerprint density at radius 1 is 1.17 bits per heavy atom. The molecule has 1 amide bonds. The number of anilines is 2. The van der Waals surface area contributed by atoms with Gasteiger partial charge in [0.1, 0.15) is 17.6 Å². The summed E-state index contributed by atoms with van der Waals surface area (Å²) in [6, 6.07) is 15.4. The Morgan fingerprint density at radius 3 is 2.57 bits per heavy atom. The quantitative estimate of drug-likeness (QED) is 0.514. The van der Waals surface area contributed by atoms with Crippen LogP contribution in [0.3, 0.4) is 0 Å². The van der Waals surface area contributed by atoms with Gasteiger partial charge in [-0.25, -0.2) is 0 Å². The van der Waals surface area contributed by atoms with E-state index in [-0.39, 0.29) is 11.7 Å². The monoisotopic (exact) mass is 415 g/mol. The third kappa shape index (κ3) is 5.79. The molecule has 158 valence electrons. The van der Waals surface area contributed by atoms with Gasteiger partial charge in [0.15, 0.2) is 5.82 Å². The van der Waals surface area contributed by atoms with E-state index in [1.165, 1.54) is 6.07 Å². The van der Waals surface area contributed by atoms with Crippen molar-refractivity contribution in [2.45, 2.75) is 39.3 Å². The lowest BCUT2D eigenvalue weighted by molar-refractivity contribution is -0.117. The molecule has 0 fully saturated rings. The van der Waals surface area contributed by atoms with Crippen LogP contribution in [0.1, 0.15) is 30.2 Å². The summed E-state index contributed by atoms with van der Waals surface area (Å²) in [6.45, 7) is 0.679. The smallest absolute Gasteiger partial charge is 0.387 e. The highest BCUT2D eigenvalue weighted by atomic mass is 19.3. The Kier molecular flexibility index (Phi) is 7.00. The Morgan fingerprint density at radius 2 is 1.93 bits per heavy atom.